The largest absolute Gasteiger partial charge is 0.448 e. The van der Waals surface area contributed by atoms with Crippen LogP contribution in [0.1, 0.15) is 22.2 Å². The molecule has 1 aromatic heterocycles. The molecule has 0 aliphatic rings. The average molecular weight is 324 g/mol. The van der Waals surface area contributed by atoms with Crippen molar-refractivity contribution in [2.24, 2.45) is 0 Å². The van der Waals surface area contributed by atoms with Crippen molar-refractivity contribution >= 4 is 40.5 Å². The van der Waals surface area contributed by atoms with Gasteiger partial charge in [-0.15, -0.1) is 11.3 Å². The Balaban J connectivity index is 1.93. The van der Waals surface area contributed by atoms with E-state index in [9.17, 15) is 9.59 Å². The van der Waals surface area contributed by atoms with Gasteiger partial charge >= 0.3 is 5.97 Å². The first-order chi connectivity index (χ1) is 9.95. The standard InChI is InChI=1S/C15H14ClNO3S/c1-9-3-5-11(6-4-9)17-14(18)10(2)20-15(19)12-7-8-13(16)21-12/h3-8,10H,1-2H3,(H,17,18)/t10-/m0/s1. The number of nitrogens with one attached hydrogen (secondary N) is 1. The lowest BCUT2D eigenvalue weighted by Crippen LogP contribution is -2.29. The van der Waals surface area contributed by atoms with E-state index in [2.05, 4.69) is 5.32 Å². The van der Waals surface area contributed by atoms with Crippen molar-refractivity contribution in [3.8, 4) is 0 Å². The van der Waals surface area contributed by atoms with Crippen LogP contribution < -0.4 is 5.32 Å². The molecule has 1 aromatic carbocycles. The van der Waals surface area contributed by atoms with E-state index < -0.39 is 12.1 Å². The minimum absolute atomic E-state index is 0.370. The van der Waals surface area contributed by atoms with Crippen LogP contribution in [0.2, 0.25) is 4.34 Å². The highest BCUT2D eigenvalue weighted by Crippen LogP contribution is 2.22. The number of carbonyl (C=O) groups excluding carboxylic acids is 2. The van der Waals surface area contributed by atoms with E-state index in [1.54, 1.807) is 24.3 Å². The smallest absolute Gasteiger partial charge is 0.349 e. The number of halogens is 1. The van der Waals surface area contributed by atoms with Crippen LogP contribution in [0.15, 0.2) is 36.4 Å². The lowest BCUT2D eigenvalue weighted by molar-refractivity contribution is -0.123. The number of anilines is 1. The number of amides is 1. The molecule has 4 nitrogen and oxygen atoms in total. The Bertz CT molecular complexity index is 651. The molecule has 0 aliphatic heterocycles. The van der Waals surface area contributed by atoms with Gasteiger partial charge in [-0.1, -0.05) is 29.3 Å². The Labute approximate surface area is 131 Å². The number of thiophene rings is 1. The number of ether oxygens (including phenoxy) is 1. The van der Waals surface area contributed by atoms with Crippen LogP contribution >= 0.6 is 22.9 Å². The normalized spacial score (nSPS) is 11.8. The molecule has 0 fully saturated rings. The second-order valence-electron chi connectivity index (χ2n) is 4.51. The Kier molecular flexibility index (Phi) is 4.98. The fraction of sp³-hybridized carbons (Fsp3) is 0.200. The maximum Gasteiger partial charge on any atom is 0.349 e. The number of esters is 1. The highest BCUT2D eigenvalue weighted by Gasteiger charge is 2.20. The quantitative estimate of drug-likeness (QED) is 0.868. The zero-order valence-corrected chi connectivity index (χ0v) is 13.1. The van der Waals surface area contributed by atoms with Crippen molar-refractivity contribution in [1.29, 1.82) is 0 Å². The van der Waals surface area contributed by atoms with Gasteiger partial charge in [-0.25, -0.2) is 4.79 Å². The van der Waals surface area contributed by atoms with Crippen molar-refractivity contribution in [2.75, 3.05) is 5.32 Å². The minimum Gasteiger partial charge on any atom is -0.448 e. The fourth-order valence-electron chi connectivity index (χ4n) is 1.58. The summed E-state index contributed by atoms with van der Waals surface area (Å²) in [7, 11) is 0. The molecule has 0 saturated heterocycles. The first-order valence-corrected chi connectivity index (χ1v) is 7.49. The Hall–Kier alpha value is -1.85. The first kappa shape index (κ1) is 15.5. The fourth-order valence-corrected chi connectivity index (χ4v) is 2.50. The molecule has 6 heteroatoms. The number of hydrogen-bond donors (Lipinski definition) is 1. The predicted molar refractivity (Wildman–Crippen MR) is 84.0 cm³/mol. The van der Waals surface area contributed by atoms with Gasteiger partial charge in [0.15, 0.2) is 6.10 Å². The molecule has 1 heterocycles. The molecule has 0 spiro atoms. The maximum absolute atomic E-state index is 12.0. The maximum atomic E-state index is 12.0. The third kappa shape index (κ3) is 4.31. The number of hydrogen-bond acceptors (Lipinski definition) is 4. The van der Waals surface area contributed by atoms with Crippen molar-refractivity contribution in [1.82, 2.24) is 0 Å². The molecule has 1 atom stereocenters. The highest BCUT2D eigenvalue weighted by molar-refractivity contribution is 7.17. The minimum atomic E-state index is -0.889. The summed E-state index contributed by atoms with van der Waals surface area (Å²) >= 11 is 6.87. The van der Waals surface area contributed by atoms with E-state index in [0.29, 0.717) is 14.9 Å². The third-order valence-corrected chi connectivity index (χ3v) is 3.96. The van der Waals surface area contributed by atoms with Crippen LogP contribution in [0.5, 0.6) is 0 Å². The zero-order valence-electron chi connectivity index (χ0n) is 11.6. The van der Waals surface area contributed by atoms with Crippen LogP contribution in [0.25, 0.3) is 0 Å². The van der Waals surface area contributed by atoms with E-state index in [-0.39, 0.29) is 5.91 Å². The molecule has 0 saturated carbocycles. The molecule has 1 amide bonds. The molecular formula is C15H14ClNO3S. The molecule has 0 radical (unpaired) electrons. The summed E-state index contributed by atoms with van der Waals surface area (Å²) in [6, 6.07) is 10.5. The summed E-state index contributed by atoms with van der Waals surface area (Å²) in [5.41, 5.74) is 1.76. The number of aryl methyl sites for hydroxylation is 1. The summed E-state index contributed by atoms with van der Waals surface area (Å²) in [5, 5.41) is 2.69. The van der Waals surface area contributed by atoms with Gasteiger partial charge in [0.05, 0.1) is 4.34 Å². The van der Waals surface area contributed by atoms with Gasteiger partial charge in [0.25, 0.3) is 5.91 Å². The topological polar surface area (TPSA) is 55.4 Å². The van der Waals surface area contributed by atoms with Gasteiger partial charge in [-0.2, -0.15) is 0 Å². The summed E-state index contributed by atoms with van der Waals surface area (Å²) in [6.45, 7) is 3.48. The van der Waals surface area contributed by atoms with Gasteiger partial charge in [0.2, 0.25) is 0 Å². The van der Waals surface area contributed by atoms with Gasteiger partial charge in [-0.05, 0) is 38.1 Å². The Morgan fingerprint density at radius 2 is 1.86 bits per heavy atom. The second-order valence-corrected chi connectivity index (χ2v) is 6.22. The summed E-state index contributed by atoms with van der Waals surface area (Å²) < 4.78 is 5.61. The van der Waals surface area contributed by atoms with Crippen LogP contribution in [-0.2, 0) is 9.53 Å². The van der Waals surface area contributed by atoms with Gasteiger partial charge < -0.3 is 10.1 Å². The molecular weight excluding hydrogens is 310 g/mol. The van der Waals surface area contributed by atoms with Crippen molar-refractivity contribution < 1.29 is 14.3 Å². The molecule has 2 aromatic rings. The van der Waals surface area contributed by atoms with Crippen molar-refractivity contribution in [3.63, 3.8) is 0 Å². The van der Waals surface area contributed by atoms with Crippen LogP contribution in [0.4, 0.5) is 5.69 Å². The van der Waals surface area contributed by atoms with Crippen molar-refractivity contribution in [3.05, 3.63) is 51.2 Å². The molecule has 0 unspecified atom stereocenters. The molecule has 0 bridgehead atoms. The average Bonchev–Trinajstić information content (AvgIpc) is 2.88. The number of benzene rings is 1. The Morgan fingerprint density at radius 1 is 1.19 bits per heavy atom. The molecule has 21 heavy (non-hydrogen) atoms. The number of carbonyl (C=O) groups is 2. The van der Waals surface area contributed by atoms with Crippen LogP contribution in [0, 0.1) is 6.92 Å². The van der Waals surface area contributed by atoms with E-state index in [1.165, 1.54) is 6.92 Å². The summed E-state index contributed by atoms with van der Waals surface area (Å²) in [5.74, 6) is -0.937. The molecule has 0 aliphatic carbocycles. The highest BCUT2D eigenvalue weighted by atomic mass is 35.5. The monoisotopic (exact) mass is 323 g/mol. The lowest BCUT2D eigenvalue weighted by atomic mass is 10.2. The van der Waals surface area contributed by atoms with Gasteiger partial charge in [0.1, 0.15) is 4.88 Å². The van der Waals surface area contributed by atoms with E-state index >= 15 is 0 Å². The predicted octanol–water partition coefficient (Wildman–Crippen LogP) is 3.89. The van der Waals surface area contributed by atoms with Gasteiger partial charge in [0, 0.05) is 5.69 Å². The molecule has 1 N–H and O–H groups in total. The zero-order chi connectivity index (χ0) is 15.4. The number of rotatable bonds is 4. The summed E-state index contributed by atoms with van der Waals surface area (Å²) in [6.07, 6.45) is -0.889. The van der Waals surface area contributed by atoms with Crippen LogP contribution in [-0.4, -0.2) is 18.0 Å². The Morgan fingerprint density at radius 3 is 2.43 bits per heavy atom. The molecule has 2 rings (SSSR count). The van der Waals surface area contributed by atoms with Gasteiger partial charge in [-0.3, -0.25) is 4.79 Å². The van der Waals surface area contributed by atoms with E-state index in [4.69, 9.17) is 16.3 Å². The van der Waals surface area contributed by atoms with E-state index in [1.807, 2.05) is 19.1 Å². The third-order valence-electron chi connectivity index (χ3n) is 2.75. The van der Waals surface area contributed by atoms with Crippen molar-refractivity contribution in [2.45, 2.75) is 20.0 Å². The van der Waals surface area contributed by atoms with E-state index in [0.717, 1.165) is 16.9 Å². The second kappa shape index (κ2) is 6.74. The van der Waals surface area contributed by atoms with Crippen LogP contribution in [0.3, 0.4) is 0 Å². The molecule has 110 valence electrons. The first-order valence-electron chi connectivity index (χ1n) is 6.29. The summed E-state index contributed by atoms with van der Waals surface area (Å²) in [4.78, 5) is 24.1. The lowest BCUT2D eigenvalue weighted by Gasteiger charge is -2.13. The SMILES string of the molecule is Cc1ccc(NC(=O)[C@H](C)OC(=O)c2ccc(Cl)s2)cc1.